The number of H-pyrrole nitrogens is 1. The monoisotopic (exact) mass is 467 g/mol. The summed E-state index contributed by atoms with van der Waals surface area (Å²) < 4.78 is 15.8. The zero-order chi connectivity index (χ0) is 21.8. The average molecular weight is 468 g/mol. The SMILES string of the molecule is C[C@H]1C2CCC(CC2)[C@@H]1Cc1nc(-c2c[nH]c3ncc(Cl)nc23)nc(-c2cccs2)c1F. The number of hydrogen-bond acceptors (Lipinski definition) is 5. The van der Waals surface area contributed by atoms with E-state index in [0.29, 0.717) is 63.3 Å². The molecule has 2 atom stereocenters. The summed E-state index contributed by atoms with van der Waals surface area (Å²) in [5.41, 5.74) is 2.75. The Morgan fingerprint density at radius 3 is 2.72 bits per heavy atom. The minimum atomic E-state index is -0.297. The van der Waals surface area contributed by atoms with Gasteiger partial charge in [0.05, 0.1) is 22.3 Å². The van der Waals surface area contributed by atoms with Gasteiger partial charge in [-0.1, -0.05) is 24.6 Å². The number of thiophene rings is 1. The van der Waals surface area contributed by atoms with Crippen molar-refractivity contribution in [3.63, 3.8) is 0 Å². The molecule has 0 spiro atoms. The Morgan fingerprint density at radius 1 is 1.16 bits per heavy atom. The van der Waals surface area contributed by atoms with E-state index in [0.717, 1.165) is 10.8 Å². The van der Waals surface area contributed by atoms with Crippen LogP contribution in [-0.4, -0.2) is 24.9 Å². The van der Waals surface area contributed by atoms with Crippen molar-refractivity contribution in [3.05, 3.63) is 46.6 Å². The molecule has 4 aromatic rings. The lowest BCUT2D eigenvalue weighted by Gasteiger charge is -2.47. The average Bonchev–Trinajstić information content (AvgIpc) is 3.48. The number of halogens is 2. The van der Waals surface area contributed by atoms with Gasteiger partial charge in [0.2, 0.25) is 0 Å². The Kier molecular flexibility index (Phi) is 4.99. The van der Waals surface area contributed by atoms with Crippen molar-refractivity contribution in [2.45, 2.75) is 39.0 Å². The fourth-order valence-electron chi connectivity index (χ4n) is 5.82. The van der Waals surface area contributed by atoms with Gasteiger partial charge in [0.1, 0.15) is 16.4 Å². The van der Waals surface area contributed by atoms with Gasteiger partial charge in [-0.2, -0.15) is 0 Å². The van der Waals surface area contributed by atoms with E-state index in [2.05, 4.69) is 26.9 Å². The van der Waals surface area contributed by atoms with Gasteiger partial charge in [-0.25, -0.2) is 24.3 Å². The second kappa shape index (κ2) is 7.89. The van der Waals surface area contributed by atoms with E-state index in [1.807, 2.05) is 17.5 Å². The summed E-state index contributed by atoms with van der Waals surface area (Å²) in [5, 5.41) is 2.24. The summed E-state index contributed by atoms with van der Waals surface area (Å²) >= 11 is 7.58. The molecule has 3 aliphatic rings. The molecule has 2 bridgehead atoms. The topological polar surface area (TPSA) is 67.3 Å². The number of aromatic nitrogens is 5. The predicted molar refractivity (Wildman–Crippen MR) is 125 cm³/mol. The predicted octanol–water partition coefficient (Wildman–Crippen LogP) is 6.55. The lowest BCUT2D eigenvalue weighted by molar-refractivity contribution is 0.0334. The summed E-state index contributed by atoms with van der Waals surface area (Å²) in [7, 11) is 0. The van der Waals surface area contributed by atoms with Gasteiger partial charge in [-0.15, -0.1) is 11.3 Å². The first-order chi connectivity index (χ1) is 15.6. The van der Waals surface area contributed by atoms with E-state index in [-0.39, 0.29) is 5.82 Å². The minimum Gasteiger partial charge on any atom is -0.344 e. The molecule has 164 valence electrons. The summed E-state index contributed by atoms with van der Waals surface area (Å²) in [6.07, 6.45) is 9.07. The zero-order valence-corrected chi connectivity index (χ0v) is 19.3. The van der Waals surface area contributed by atoms with Crippen molar-refractivity contribution >= 4 is 34.1 Å². The highest BCUT2D eigenvalue weighted by Crippen LogP contribution is 2.50. The maximum atomic E-state index is 15.8. The third kappa shape index (κ3) is 3.33. The third-order valence-corrected chi connectivity index (χ3v) is 8.60. The van der Waals surface area contributed by atoms with E-state index >= 15 is 4.39 Å². The van der Waals surface area contributed by atoms with Crippen molar-refractivity contribution < 1.29 is 4.39 Å². The quantitative estimate of drug-likeness (QED) is 0.369. The van der Waals surface area contributed by atoms with Gasteiger partial charge in [0.15, 0.2) is 17.3 Å². The van der Waals surface area contributed by atoms with Crippen LogP contribution in [0.2, 0.25) is 5.15 Å². The standard InChI is InChI=1S/C24H23ClFN5S/c1-12-13-4-6-14(7-5-13)15(12)9-17-20(26)22(18-3-2-8-32-18)31-23(29-17)16-10-27-24-21(16)30-19(25)11-28-24/h2-3,8,10-15H,4-7,9H2,1H3,(H,27,28)/t12-,13?,14?,15+/m0/s1. The molecule has 4 aromatic heterocycles. The summed E-state index contributed by atoms with van der Waals surface area (Å²) in [6.45, 7) is 2.35. The van der Waals surface area contributed by atoms with Gasteiger partial charge in [-0.3, -0.25) is 0 Å². The molecule has 5 nitrogen and oxygen atoms in total. The van der Waals surface area contributed by atoms with Crippen molar-refractivity contribution in [2.75, 3.05) is 0 Å². The van der Waals surface area contributed by atoms with Crippen LogP contribution in [-0.2, 0) is 6.42 Å². The molecule has 8 heteroatoms. The molecule has 1 N–H and O–H groups in total. The number of nitrogens with zero attached hydrogens (tertiary/aromatic N) is 4. The Hall–Kier alpha value is -2.38. The number of hydrogen-bond donors (Lipinski definition) is 1. The minimum absolute atomic E-state index is 0.297. The molecular formula is C24H23ClFN5S. The lowest BCUT2D eigenvalue weighted by atomic mass is 9.58. The highest BCUT2D eigenvalue weighted by molar-refractivity contribution is 7.13. The molecule has 0 unspecified atom stereocenters. The van der Waals surface area contributed by atoms with E-state index < -0.39 is 0 Å². The van der Waals surface area contributed by atoms with E-state index in [1.54, 1.807) is 6.20 Å². The highest BCUT2D eigenvalue weighted by atomic mass is 35.5. The van der Waals surface area contributed by atoms with Crippen LogP contribution >= 0.6 is 22.9 Å². The number of nitrogens with one attached hydrogen (secondary N) is 1. The smallest absolute Gasteiger partial charge is 0.171 e. The van der Waals surface area contributed by atoms with Crippen molar-refractivity contribution in [3.8, 4) is 22.0 Å². The van der Waals surface area contributed by atoms with Crippen LogP contribution in [0.3, 0.4) is 0 Å². The van der Waals surface area contributed by atoms with Gasteiger partial charge in [0, 0.05) is 6.20 Å². The fourth-order valence-corrected chi connectivity index (χ4v) is 6.66. The highest BCUT2D eigenvalue weighted by Gasteiger charge is 2.41. The van der Waals surface area contributed by atoms with Crippen LogP contribution in [0.15, 0.2) is 29.9 Å². The zero-order valence-electron chi connectivity index (χ0n) is 17.7. The van der Waals surface area contributed by atoms with Crippen LogP contribution in [0.1, 0.15) is 38.3 Å². The molecule has 0 amide bonds. The second-order valence-electron chi connectivity index (χ2n) is 9.13. The molecule has 32 heavy (non-hydrogen) atoms. The molecule has 0 aliphatic heterocycles. The van der Waals surface area contributed by atoms with E-state index in [9.17, 15) is 0 Å². The van der Waals surface area contributed by atoms with Gasteiger partial charge in [0.25, 0.3) is 0 Å². The van der Waals surface area contributed by atoms with Crippen molar-refractivity contribution in [1.29, 1.82) is 0 Å². The molecule has 3 saturated carbocycles. The molecule has 3 aliphatic carbocycles. The molecular weight excluding hydrogens is 445 g/mol. The number of rotatable bonds is 4. The molecule has 3 fully saturated rings. The maximum absolute atomic E-state index is 15.8. The number of fused-ring (bicyclic) bond motifs is 4. The largest absolute Gasteiger partial charge is 0.344 e. The lowest BCUT2D eigenvalue weighted by Crippen LogP contribution is -2.39. The molecule has 0 saturated heterocycles. The summed E-state index contributed by atoms with van der Waals surface area (Å²) in [4.78, 5) is 22.0. The maximum Gasteiger partial charge on any atom is 0.171 e. The summed E-state index contributed by atoms with van der Waals surface area (Å²) in [5.74, 6) is 2.65. The normalized spacial score (nSPS) is 25.0. The molecule has 0 radical (unpaired) electrons. The van der Waals surface area contributed by atoms with Crippen LogP contribution < -0.4 is 0 Å². The van der Waals surface area contributed by atoms with Crippen LogP contribution in [0, 0.1) is 29.5 Å². The van der Waals surface area contributed by atoms with Crippen molar-refractivity contribution in [1.82, 2.24) is 24.9 Å². The first-order valence-electron chi connectivity index (χ1n) is 11.2. The Morgan fingerprint density at radius 2 is 1.97 bits per heavy atom. The first-order valence-corrected chi connectivity index (χ1v) is 12.4. The van der Waals surface area contributed by atoms with Crippen LogP contribution in [0.25, 0.3) is 33.1 Å². The molecule has 7 rings (SSSR count). The second-order valence-corrected chi connectivity index (χ2v) is 10.5. The van der Waals surface area contributed by atoms with Crippen molar-refractivity contribution in [2.24, 2.45) is 23.7 Å². The van der Waals surface area contributed by atoms with Crippen LogP contribution in [0.4, 0.5) is 4.39 Å². The van der Waals surface area contributed by atoms with E-state index in [4.69, 9.17) is 16.6 Å². The van der Waals surface area contributed by atoms with Gasteiger partial charge < -0.3 is 4.98 Å². The first kappa shape index (κ1) is 20.2. The third-order valence-electron chi connectivity index (χ3n) is 7.54. The Balaban J connectivity index is 1.48. The van der Waals surface area contributed by atoms with Gasteiger partial charge >= 0.3 is 0 Å². The fraction of sp³-hybridized carbons (Fsp3) is 0.417. The van der Waals surface area contributed by atoms with E-state index in [1.165, 1.54) is 43.2 Å². The molecule has 4 heterocycles. The molecule has 0 aromatic carbocycles. The Labute approximate surface area is 194 Å². The number of aromatic amines is 1. The summed E-state index contributed by atoms with van der Waals surface area (Å²) in [6, 6.07) is 3.82. The van der Waals surface area contributed by atoms with Gasteiger partial charge in [-0.05, 0) is 67.2 Å². The van der Waals surface area contributed by atoms with Crippen LogP contribution in [0.5, 0.6) is 0 Å². The Bertz CT molecular complexity index is 1280.